The summed E-state index contributed by atoms with van der Waals surface area (Å²) in [6.45, 7) is 1.66. The van der Waals surface area contributed by atoms with Gasteiger partial charge in [-0.3, -0.25) is 0 Å². The van der Waals surface area contributed by atoms with Gasteiger partial charge in [0.05, 0.1) is 12.7 Å². The fraction of sp³-hybridized carbons (Fsp3) is 0.250. The molecule has 0 spiro atoms. The molecule has 1 aromatic carbocycles. The highest BCUT2D eigenvalue weighted by molar-refractivity contribution is 5.89. The lowest BCUT2D eigenvalue weighted by Crippen LogP contribution is -2.06. The van der Waals surface area contributed by atoms with Crippen LogP contribution in [0.25, 0.3) is 0 Å². The molecule has 1 aromatic heterocycles. The lowest BCUT2D eigenvalue weighted by Gasteiger charge is -2.03. The standard InChI is InChI=1S/C12H12N2O4/c1-8-13-11(14-18-8)7-17-12(15)9-3-5-10(16-2)6-4-9/h3-6H,7H2,1-2H3. The summed E-state index contributed by atoms with van der Waals surface area (Å²) in [6.07, 6.45) is 0. The first-order chi connectivity index (χ1) is 8.69. The number of benzene rings is 1. The van der Waals surface area contributed by atoms with E-state index in [2.05, 4.69) is 10.1 Å². The van der Waals surface area contributed by atoms with Crippen molar-refractivity contribution in [2.24, 2.45) is 0 Å². The van der Waals surface area contributed by atoms with Gasteiger partial charge in [-0.25, -0.2) is 4.79 Å². The summed E-state index contributed by atoms with van der Waals surface area (Å²) in [4.78, 5) is 15.6. The van der Waals surface area contributed by atoms with Crippen LogP contribution < -0.4 is 4.74 Å². The third-order valence-electron chi connectivity index (χ3n) is 2.23. The predicted octanol–water partition coefficient (Wildman–Crippen LogP) is 1.74. The van der Waals surface area contributed by atoms with Gasteiger partial charge in [0.25, 0.3) is 0 Å². The molecule has 0 atom stereocenters. The highest BCUT2D eigenvalue weighted by Crippen LogP contribution is 2.12. The molecule has 18 heavy (non-hydrogen) atoms. The average molecular weight is 248 g/mol. The smallest absolute Gasteiger partial charge is 0.338 e. The quantitative estimate of drug-likeness (QED) is 0.767. The van der Waals surface area contributed by atoms with E-state index in [9.17, 15) is 4.79 Å². The van der Waals surface area contributed by atoms with Crippen LogP contribution in [0.1, 0.15) is 22.1 Å². The summed E-state index contributed by atoms with van der Waals surface area (Å²) in [5, 5.41) is 3.63. The highest BCUT2D eigenvalue weighted by atomic mass is 16.5. The first-order valence-electron chi connectivity index (χ1n) is 5.29. The molecule has 0 unspecified atom stereocenters. The summed E-state index contributed by atoms with van der Waals surface area (Å²) in [5.74, 6) is 1.01. The van der Waals surface area contributed by atoms with Crippen LogP contribution in [0.5, 0.6) is 5.75 Å². The summed E-state index contributed by atoms with van der Waals surface area (Å²) in [5.41, 5.74) is 0.441. The van der Waals surface area contributed by atoms with Gasteiger partial charge in [-0.15, -0.1) is 0 Å². The van der Waals surface area contributed by atoms with Gasteiger partial charge < -0.3 is 14.0 Å². The van der Waals surface area contributed by atoms with Crippen LogP contribution in [-0.4, -0.2) is 23.2 Å². The van der Waals surface area contributed by atoms with Crippen LogP contribution in [0, 0.1) is 6.92 Å². The summed E-state index contributed by atoms with van der Waals surface area (Å²) in [6, 6.07) is 6.63. The molecule has 1 heterocycles. The molecule has 2 rings (SSSR count). The van der Waals surface area contributed by atoms with Crippen molar-refractivity contribution >= 4 is 5.97 Å². The number of hydrogen-bond donors (Lipinski definition) is 0. The van der Waals surface area contributed by atoms with Crippen molar-refractivity contribution in [2.45, 2.75) is 13.5 Å². The fourth-order valence-corrected chi connectivity index (χ4v) is 1.34. The first kappa shape index (κ1) is 12.1. The van der Waals surface area contributed by atoms with Crippen LogP contribution in [0.2, 0.25) is 0 Å². The van der Waals surface area contributed by atoms with E-state index in [0.29, 0.717) is 23.0 Å². The number of carbonyl (C=O) groups is 1. The monoisotopic (exact) mass is 248 g/mol. The third kappa shape index (κ3) is 2.85. The van der Waals surface area contributed by atoms with E-state index in [1.165, 1.54) is 0 Å². The van der Waals surface area contributed by atoms with Gasteiger partial charge in [0.15, 0.2) is 6.61 Å². The Morgan fingerprint density at radius 3 is 2.61 bits per heavy atom. The minimum Gasteiger partial charge on any atom is -0.497 e. The Morgan fingerprint density at radius 2 is 2.06 bits per heavy atom. The molecule has 0 fully saturated rings. The Hall–Kier alpha value is -2.37. The van der Waals surface area contributed by atoms with Crippen LogP contribution in [0.15, 0.2) is 28.8 Å². The zero-order valence-electron chi connectivity index (χ0n) is 10.0. The maximum atomic E-state index is 11.7. The molecule has 0 aliphatic rings. The Kier molecular flexibility index (Phi) is 3.57. The predicted molar refractivity (Wildman–Crippen MR) is 61.1 cm³/mol. The largest absolute Gasteiger partial charge is 0.497 e. The Balaban J connectivity index is 1.94. The van der Waals surface area contributed by atoms with Gasteiger partial charge in [0, 0.05) is 6.92 Å². The van der Waals surface area contributed by atoms with E-state index >= 15 is 0 Å². The first-order valence-corrected chi connectivity index (χ1v) is 5.29. The van der Waals surface area contributed by atoms with Crippen molar-refractivity contribution in [1.82, 2.24) is 10.1 Å². The second kappa shape index (κ2) is 5.31. The Bertz CT molecular complexity index is 533. The summed E-state index contributed by atoms with van der Waals surface area (Å²) in [7, 11) is 1.56. The van der Waals surface area contributed by atoms with Gasteiger partial charge in [-0.1, -0.05) is 5.16 Å². The molecule has 0 N–H and O–H groups in total. The number of aryl methyl sites for hydroxylation is 1. The number of esters is 1. The van der Waals surface area contributed by atoms with E-state index in [0.717, 1.165) is 0 Å². The van der Waals surface area contributed by atoms with Crippen LogP contribution in [0.4, 0.5) is 0 Å². The molecule has 6 nitrogen and oxygen atoms in total. The summed E-state index contributed by atoms with van der Waals surface area (Å²) >= 11 is 0. The SMILES string of the molecule is COc1ccc(C(=O)OCc2noc(C)n2)cc1. The molecular formula is C12H12N2O4. The topological polar surface area (TPSA) is 74.5 Å². The maximum absolute atomic E-state index is 11.7. The molecule has 0 saturated heterocycles. The normalized spacial score (nSPS) is 10.1. The molecule has 94 valence electrons. The number of nitrogens with zero attached hydrogens (tertiary/aromatic N) is 2. The number of aromatic nitrogens is 2. The molecule has 0 radical (unpaired) electrons. The van der Waals surface area contributed by atoms with Crippen molar-refractivity contribution in [1.29, 1.82) is 0 Å². The summed E-state index contributed by atoms with van der Waals surface area (Å²) < 4.78 is 14.8. The average Bonchev–Trinajstić information content (AvgIpc) is 2.82. The number of hydrogen-bond acceptors (Lipinski definition) is 6. The highest BCUT2D eigenvalue weighted by Gasteiger charge is 2.09. The van der Waals surface area contributed by atoms with Gasteiger partial charge in [-0.05, 0) is 24.3 Å². The second-order valence-corrected chi connectivity index (χ2v) is 3.53. The Morgan fingerprint density at radius 1 is 1.33 bits per heavy atom. The number of carbonyl (C=O) groups excluding carboxylic acids is 1. The fourth-order valence-electron chi connectivity index (χ4n) is 1.34. The van der Waals surface area contributed by atoms with E-state index in [-0.39, 0.29) is 6.61 Å². The van der Waals surface area contributed by atoms with Gasteiger partial charge in [0.2, 0.25) is 11.7 Å². The van der Waals surface area contributed by atoms with E-state index in [1.807, 2.05) is 0 Å². The molecule has 0 saturated carbocycles. The van der Waals surface area contributed by atoms with Crippen molar-refractivity contribution < 1.29 is 18.8 Å². The van der Waals surface area contributed by atoms with E-state index in [4.69, 9.17) is 14.0 Å². The number of ether oxygens (including phenoxy) is 2. The van der Waals surface area contributed by atoms with Crippen LogP contribution in [-0.2, 0) is 11.3 Å². The van der Waals surface area contributed by atoms with Gasteiger partial charge in [0.1, 0.15) is 5.75 Å². The lowest BCUT2D eigenvalue weighted by molar-refractivity contribution is 0.0459. The van der Waals surface area contributed by atoms with Gasteiger partial charge in [-0.2, -0.15) is 4.98 Å². The minimum absolute atomic E-state index is 0.0117. The van der Waals surface area contributed by atoms with Crippen molar-refractivity contribution in [3.8, 4) is 5.75 Å². The molecular weight excluding hydrogens is 236 g/mol. The van der Waals surface area contributed by atoms with Crippen LogP contribution in [0.3, 0.4) is 0 Å². The molecule has 0 amide bonds. The lowest BCUT2D eigenvalue weighted by atomic mass is 10.2. The van der Waals surface area contributed by atoms with Crippen molar-refractivity contribution in [2.75, 3.05) is 7.11 Å². The van der Waals surface area contributed by atoms with Crippen molar-refractivity contribution in [3.63, 3.8) is 0 Å². The molecule has 6 heteroatoms. The minimum atomic E-state index is -0.444. The maximum Gasteiger partial charge on any atom is 0.338 e. The van der Waals surface area contributed by atoms with E-state index in [1.54, 1.807) is 38.3 Å². The Labute approximate surface area is 104 Å². The molecule has 0 aliphatic carbocycles. The number of methoxy groups -OCH3 is 1. The zero-order valence-corrected chi connectivity index (χ0v) is 10.0. The van der Waals surface area contributed by atoms with Crippen LogP contribution >= 0.6 is 0 Å². The molecule has 2 aromatic rings. The third-order valence-corrected chi connectivity index (χ3v) is 2.23. The zero-order chi connectivity index (χ0) is 13.0. The molecule has 0 aliphatic heterocycles. The van der Waals surface area contributed by atoms with Crippen molar-refractivity contribution in [3.05, 3.63) is 41.5 Å². The molecule has 0 bridgehead atoms. The van der Waals surface area contributed by atoms with E-state index < -0.39 is 5.97 Å². The second-order valence-electron chi connectivity index (χ2n) is 3.53. The van der Waals surface area contributed by atoms with Gasteiger partial charge >= 0.3 is 5.97 Å². The number of rotatable bonds is 4.